The van der Waals surface area contributed by atoms with Crippen molar-refractivity contribution in [2.45, 2.75) is 24.5 Å². The molecule has 0 spiro atoms. The van der Waals surface area contributed by atoms with E-state index in [1.54, 1.807) is 18.2 Å². The summed E-state index contributed by atoms with van der Waals surface area (Å²) in [5.41, 5.74) is 0.577. The number of carbonyl (C=O) groups excluding carboxylic acids is 2. The van der Waals surface area contributed by atoms with Crippen LogP contribution in [0.15, 0.2) is 94.4 Å². The van der Waals surface area contributed by atoms with E-state index >= 15 is 0 Å². The van der Waals surface area contributed by atoms with E-state index in [2.05, 4.69) is 10.0 Å². The Morgan fingerprint density at radius 3 is 2.50 bits per heavy atom. The molecule has 4 aromatic rings. The van der Waals surface area contributed by atoms with Crippen molar-refractivity contribution in [3.63, 3.8) is 0 Å². The molecule has 0 saturated carbocycles. The summed E-state index contributed by atoms with van der Waals surface area (Å²) in [7, 11) is -3.89. The van der Waals surface area contributed by atoms with Crippen LogP contribution in [0.1, 0.15) is 23.0 Å². The summed E-state index contributed by atoms with van der Waals surface area (Å²) >= 11 is 0. The summed E-state index contributed by atoms with van der Waals surface area (Å²) in [6, 6.07) is 21.9. The molecule has 4 rings (SSSR count). The second-order valence-corrected chi connectivity index (χ2v) is 9.30. The molecule has 8 nitrogen and oxygen atoms in total. The summed E-state index contributed by atoms with van der Waals surface area (Å²) in [6.45, 7) is 1.41. The lowest BCUT2D eigenvalue weighted by atomic mass is 10.1. The zero-order valence-corrected chi connectivity index (χ0v) is 19.0. The monoisotopic (exact) mass is 478 g/mol. The van der Waals surface area contributed by atoms with Crippen LogP contribution < -0.4 is 10.0 Å². The standard InChI is InChI=1S/C25H22N2O6S/c1-17(24(28)27-21-12-11-18-6-2-3-7-19(18)14-21)33-25(29)20-8-4-10-23(15-20)34(30,31)26-16-22-9-5-13-32-22/h2-15,17,26H,16H2,1H3,(H,27,28). The Labute approximate surface area is 196 Å². The van der Waals surface area contributed by atoms with Gasteiger partial charge in [-0.25, -0.2) is 17.9 Å². The Morgan fingerprint density at radius 1 is 0.941 bits per heavy atom. The molecular formula is C25H22N2O6S. The molecule has 3 aromatic carbocycles. The zero-order chi connectivity index (χ0) is 24.1. The van der Waals surface area contributed by atoms with E-state index in [4.69, 9.17) is 9.15 Å². The summed E-state index contributed by atoms with van der Waals surface area (Å²) in [6.07, 6.45) is 0.341. The molecule has 34 heavy (non-hydrogen) atoms. The second-order valence-electron chi connectivity index (χ2n) is 7.53. The van der Waals surface area contributed by atoms with Gasteiger partial charge in [0.1, 0.15) is 5.76 Å². The topological polar surface area (TPSA) is 115 Å². The van der Waals surface area contributed by atoms with Crippen LogP contribution in [0, 0.1) is 0 Å². The third-order valence-corrected chi connectivity index (χ3v) is 6.47. The van der Waals surface area contributed by atoms with Gasteiger partial charge in [-0.3, -0.25) is 4.79 Å². The van der Waals surface area contributed by atoms with Crippen molar-refractivity contribution in [2.75, 3.05) is 5.32 Å². The molecule has 0 fully saturated rings. The highest BCUT2D eigenvalue weighted by molar-refractivity contribution is 7.89. The Morgan fingerprint density at radius 2 is 1.74 bits per heavy atom. The predicted octanol–water partition coefficient (Wildman–Crippen LogP) is 4.10. The fraction of sp³-hybridized carbons (Fsp3) is 0.120. The van der Waals surface area contributed by atoms with Crippen molar-refractivity contribution in [1.82, 2.24) is 4.72 Å². The van der Waals surface area contributed by atoms with Crippen LogP contribution in [0.25, 0.3) is 10.8 Å². The third-order valence-electron chi connectivity index (χ3n) is 5.07. The van der Waals surface area contributed by atoms with Crippen LogP contribution in [0.3, 0.4) is 0 Å². The quantitative estimate of drug-likeness (QED) is 0.369. The van der Waals surface area contributed by atoms with Crippen LogP contribution in [-0.4, -0.2) is 26.4 Å². The van der Waals surface area contributed by atoms with Crippen LogP contribution >= 0.6 is 0 Å². The van der Waals surface area contributed by atoms with E-state index in [-0.39, 0.29) is 17.0 Å². The van der Waals surface area contributed by atoms with Crippen LogP contribution in [0.4, 0.5) is 5.69 Å². The zero-order valence-electron chi connectivity index (χ0n) is 18.2. The number of rotatable bonds is 8. The number of hydrogen-bond acceptors (Lipinski definition) is 6. The SMILES string of the molecule is CC(OC(=O)c1cccc(S(=O)(=O)NCc2ccco2)c1)C(=O)Nc1ccc2ccccc2c1. The number of nitrogens with one attached hydrogen (secondary N) is 2. The highest BCUT2D eigenvalue weighted by Gasteiger charge is 2.21. The third kappa shape index (κ3) is 5.51. The molecule has 2 N–H and O–H groups in total. The van der Waals surface area contributed by atoms with E-state index in [0.717, 1.165) is 10.8 Å². The van der Waals surface area contributed by atoms with Gasteiger partial charge >= 0.3 is 5.97 Å². The van der Waals surface area contributed by atoms with Crippen molar-refractivity contribution < 1.29 is 27.2 Å². The van der Waals surface area contributed by atoms with Crippen molar-refractivity contribution in [1.29, 1.82) is 0 Å². The Kier molecular flexibility index (Phi) is 6.76. The number of benzene rings is 3. The number of carbonyl (C=O) groups is 2. The highest BCUT2D eigenvalue weighted by Crippen LogP contribution is 2.19. The Hall–Kier alpha value is -3.95. The summed E-state index contributed by atoms with van der Waals surface area (Å²) in [5, 5.41) is 4.72. The van der Waals surface area contributed by atoms with Gasteiger partial charge in [-0.1, -0.05) is 36.4 Å². The number of sulfonamides is 1. The normalized spacial score (nSPS) is 12.3. The fourth-order valence-electron chi connectivity index (χ4n) is 3.25. The Bertz CT molecular complexity index is 1430. The first-order valence-electron chi connectivity index (χ1n) is 10.4. The molecule has 0 aliphatic rings. The molecular weight excluding hydrogens is 456 g/mol. The molecule has 174 valence electrons. The smallest absolute Gasteiger partial charge is 0.338 e. The molecule has 0 aliphatic heterocycles. The minimum atomic E-state index is -3.89. The average Bonchev–Trinajstić information content (AvgIpc) is 3.36. The van der Waals surface area contributed by atoms with Gasteiger partial charge in [0.2, 0.25) is 10.0 Å². The van der Waals surface area contributed by atoms with Crippen LogP contribution in [0.2, 0.25) is 0 Å². The van der Waals surface area contributed by atoms with Crippen LogP contribution in [-0.2, 0) is 26.1 Å². The predicted molar refractivity (Wildman–Crippen MR) is 127 cm³/mol. The summed E-state index contributed by atoms with van der Waals surface area (Å²) in [4.78, 5) is 25.0. The first kappa shape index (κ1) is 23.2. The molecule has 1 heterocycles. The number of furan rings is 1. The van der Waals surface area contributed by atoms with Crippen molar-refractivity contribution in [2.24, 2.45) is 0 Å². The molecule has 0 aliphatic carbocycles. The maximum absolute atomic E-state index is 12.6. The minimum Gasteiger partial charge on any atom is -0.468 e. The van der Waals surface area contributed by atoms with Crippen molar-refractivity contribution in [3.05, 3.63) is 96.4 Å². The summed E-state index contributed by atoms with van der Waals surface area (Å²) < 4.78 is 37.9. The molecule has 1 unspecified atom stereocenters. The first-order valence-corrected chi connectivity index (χ1v) is 11.9. The van der Waals surface area contributed by atoms with E-state index < -0.39 is 28.0 Å². The van der Waals surface area contributed by atoms with E-state index in [1.807, 2.05) is 36.4 Å². The number of fused-ring (bicyclic) bond motifs is 1. The fourth-order valence-corrected chi connectivity index (χ4v) is 4.28. The van der Waals surface area contributed by atoms with Gasteiger partial charge in [0.15, 0.2) is 6.10 Å². The molecule has 1 atom stereocenters. The number of amides is 1. The van der Waals surface area contributed by atoms with E-state index in [0.29, 0.717) is 11.4 Å². The van der Waals surface area contributed by atoms with E-state index in [9.17, 15) is 18.0 Å². The number of hydrogen-bond donors (Lipinski definition) is 2. The average molecular weight is 479 g/mol. The maximum Gasteiger partial charge on any atom is 0.338 e. The lowest BCUT2D eigenvalue weighted by Gasteiger charge is -2.14. The number of esters is 1. The highest BCUT2D eigenvalue weighted by atomic mass is 32.2. The Balaban J connectivity index is 1.39. The first-order chi connectivity index (χ1) is 16.3. The lowest BCUT2D eigenvalue weighted by molar-refractivity contribution is -0.123. The van der Waals surface area contributed by atoms with E-state index in [1.165, 1.54) is 37.5 Å². The lowest BCUT2D eigenvalue weighted by Crippen LogP contribution is -2.30. The largest absolute Gasteiger partial charge is 0.468 e. The van der Waals surface area contributed by atoms with Gasteiger partial charge in [-0.2, -0.15) is 0 Å². The van der Waals surface area contributed by atoms with Crippen molar-refractivity contribution >= 4 is 38.4 Å². The van der Waals surface area contributed by atoms with Crippen molar-refractivity contribution in [3.8, 4) is 0 Å². The molecule has 0 radical (unpaired) electrons. The van der Waals surface area contributed by atoms with Gasteiger partial charge in [0.25, 0.3) is 5.91 Å². The maximum atomic E-state index is 12.6. The van der Waals surface area contributed by atoms with Gasteiger partial charge in [-0.05, 0) is 60.2 Å². The van der Waals surface area contributed by atoms with Gasteiger partial charge in [0, 0.05) is 5.69 Å². The molecule has 1 amide bonds. The molecule has 1 aromatic heterocycles. The number of anilines is 1. The van der Waals surface area contributed by atoms with Crippen LogP contribution in [0.5, 0.6) is 0 Å². The van der Waals surface area contributed by atoms with Gasteiger partial charge in [-0.15, -0.1) is 0 Å². The number of ether oxygens (including phenoxy) is 1. The van der Waals surface area contributed by atoms with Gasteiger partial charge < -0.3 is 14.5 Å². The summed E-state index contributed by atoms with van der Waals surface area (Å²) in [5.74, 6) is -0.873. The van der Waals surface area contributed by atoms with Gasteiger partial charge in [0.05, 0.1) is 23.3 Å². The second kappa shape index (κ2) is 9.90. The molecule has 0 bridgehead atoms. The molecule has 9 heteroatoms. The molecule has 0 saturated heterocycles. The minimum absolute atomic E-state index is 0.00577.